The molecule has 0 fully saturated rings. The van der Waals surface area contributed by atoms with Crippen molar-refractivity contribution < 1.29 is 5.11 Å². The third kappa shape index (κ3) is 9.94. The van der Waals surface area contributed by atoms with E-state index in [1.165, 1.54) is 70.6 Å². The Morgan fingerprint density at radius 3 is 1.50 bits per heavy atom. The van der Waals surface area contributed by atoms with Crippen molar-refractivity contribution in [2.45, 2.75) is 97.8 Å². The lowest BCUT2D eigenvalue weighted by Gasteiger charge is -2.30. The van der Waals surface area contributed by atoms with Crippen LogP contribution in [0.1, 0.15) is 97.8 Å². The number of unbranched alkanes of at least 4 members (excludes halogenated alkanes) is 6. The highest BCUT2D eigenvalue weighted by Crippen LogP contribution is 2.35. The predicted octanol–water partition coefficient (Wildman–Crippen LogP) is 5.71. The van der Waals surface area contributed by atoms with Crippen LogP contribution in [-0.2, 0) is 0 Å². The number of aliphatic hydroxyl groups excluding tert-OH is 1. The molecule has 0 radical (unpaired) electrons. The summed E-state index contributed by atoms with van der Waals surface area (Å²) in [5.74, 6) is 0. The van der Waals surface area contributed by atoms with Gasteiger partial charge >= 0.3 is 0 Å². The molecule has 0 heterocycles. The van der Waals surface area contributed by atoms with Crippen LogP contribution in [0, 0.1) is 5.41 Å². The van der Waals surface area contributed by atoms with Gasteiger partial charge in [-0.3, -0.25) is 0 Å². The molecule has 0 spiro atoms. The van der Waals surface area contributed by atoms with E-state index in [1.54, 1.807) is 0 Å². The fraction of sp³-hybridized carbons (Fsp3) is 1.00. The van der Waals surface area contributed by atoms with Crippen molar-refractivity contribution in [3.8, 4) is 0 Å². The summed E-state index contributed by atoms with van der Waals surface area (Å²) >= 11 is 0. The normalized spacial score (nSPS) is 12.0. The standard InChI is InChI=1S/C17H36O/c1-4-6-8-10-13-17(3,15-12-16-18)14-11-9-7-5-2/h18H,4-16H2,1-3H3. The van der Waals surface area contributed by atoms with Crippen molar-refractivity contribution in [2.75, 3.05) is 6.61 Å². The van der Waals surface area contributed by atoms with Gasteiger partial charge in [-0.05, 0) is 31.1 Å². The molecule has 0 aliphatic carbocycles. The topological polar surface area (TPSA) is 20.2 Å². The largest absolute Gasteiger partial charge is 0.396 e. The lowest BCUT2D eigenvalue weighted by molar-refractivity contribution is 0.194. The fourth-order valence-electron chi connectivity index (χ4n) is 2.84. The molecule has 1 nitrogen and oxygen atoms in total. The summed E-state index contributed by atoms with van der Waals surface area (Å²) in [5.41, 5.74) is 0.490. The summed E-state index contributed by atoms with van der Waals surface area (Å²) in [6, 6.07) is 0. The Morgan fingerprint density at radius 2 is 1.11 bits per heavy atom. The van der Waals surface area contributed by atoms with Crippen molar-refractivity contribution in [3.05, 3.63) is 0 Å². The summed E-state index contributed by atoms with van der Waals surface area (Å²) in [7, 11) is 0. The van der Waals surface area contributed by atoms with Crippen LogP contribution in [0.5, 0.6) is 0 Å². The highest BCUT2D eigenvalue weighted by molar-refractivity contribution is 4.74. The number of rotatable bonds is 13. The second kappa shape index (κ2) is 12.0. The number of hydrogen-bond acceptors (Lipinski definition) is 1. The van der Waals surface area contributed by atoms with Gasteiger partial charge in [0.05, 0.1) is 0 Å². The zero-order valence-corrected chi connectivity index (χ0v) is 13.1. The molecule has 0 atom stereocenters. The van der Waals surface area contributed by atoms with E-state index < -0.39 is 0 Å². The van der Waals surface area contributed by atoms with Crippen molar-refractivity contribution in [1.29, 1.82) is 0 Å². The van der Waals surface area contributed by atoms with Gasteiger partial charge in [-0.2, -0.15) is 0 Å². The SMILES string of the molecule is CCCCCCC(C)(CCCO)CCCCCC. The Hall–Kier alpha value is -0.0400. The first-order valence-corrected chi connectivity index (χ1v) is 8.29. The molecule has 0 aliphatic rings. The summed E-state index contributed by atoms with van der Waals surface area (Å²) < 4.78 is 0. The van der Waals surface area contributed by atoms with Crippen LogP contribution < -0.4 is 0 Å². The first kappa shape index (κ1) is 18.0. The van der Waals surface area contributed by atoms with Crippen LogP contribution in [0.15, 0.2) is 0 Å². The van der Waals surface area contributed by atoms with Gasteiger partial charge < -0.3 is 5.11 Å². The summed E-state index contributed by atoms with van der Waals surface area (Å²) in [6.45, 7) is 7.35. The molecule has 0 unspecified atom stereocenters. The Bertz CT molecular complexity index is 153. The van der Waals surface area contributed by atoms with Crippen LogP contribution in [0.2, 0.25) is 0 Å². The first-order valence-electron chi connectivity index (χ1n) is 8.29. The van der Waals surface area contributed by atoms with Gasteiger partial charge in [-0.25, -0.2) is 0 Å². The van der Waals surface area contributed by atoms with E-state index in [1.807, 2.05) is 0 Å². The van der Waals surface area contributed by atoms with Gasteiger partial charge in [0.15, 0.2) is 0 Å². The summed E-state index contributed by atoms with van der Waals surface area (Å²) in [6.07, 6.45) is 15.9. The third-order valence-corrected chi connectivity index (χ3v) is 4.21. The second-order valence-electron chi connectivity index (χ2n) is 6.26. The average molecular weight is 256 g/mol. The monoisotopic (exact) mass is 256 g/mol. The molecule has 18 heavy (non-hydrogen) atoms. The molecule has 1 heteroatoms. The highest BCUT2D eigenvalue weighted by atomic mass is 16.2. The molecule has 0 bridgehead atoms. The van der Waals surface area contributed by atoms with Gasteiger partial charge in [-0.1, -0.05) is 72.1 Å². The average Bonchev–Trinajstić information content (AvgIpc) is 2.38. The van der Waals surface area contributed by atoms with E-state index in [2.05, 4.69) is 20.8 Å². The van der Waals surface area contributed by atoms with E-state index in [-0.39, 0.29) is 0 Å². The molecule has 1 N–H and O–H groups in total. The zero-order chi connectivity index (χ0) is 13.7. The molecule has 110 valence electrons. The van der Waals surface area contributed by atoms with Crippen LogP contribution in [0.25, 0.3) is 0 Å². The minimum Gasteiger partial charge on any atom is -0.396 e. The minimum absolute atomic E-state index is 0.361. The summed E-state index contributed by atoms with van der Waals surface area (Å²) in [4.78, 5) is 0. The molecule has 0 aliphatic heterocycles. The molecule has 0 saturated carbocycles. The van der Waals surface area contributed by atoms with Gasteiger partial charge in [0.1, 0.15) is 0 Å². The van der Waals surface area contributed by atoms with Gasteiger partial charge in [0.2, 0.25) is 0 Å². The van der Waals surface area contributed by atoms with Crippen molar-refractivity contribution in [2.24, 2.45) is 5.41 Å². The van der Waals surface area contributed by atoms with Gasteiger partial charge in [0, 0.05) is 6.61 Å². The smallest absolute Gasteiger partial charge is 0.0431 e. The number of hydrogen-bond donors (Lipinski definition) is 1. The van der Waals surface area contributed by atoms with Crippen LogP contribution in [0.3, 0.4) is 0 Å². The van der Waals surface area contributed by atoms with E-state index in [0.717, 1.165) is 6.42 Å². The lowest BCUT2D eigenvalue weighted by atomic mass is 9.76. The maximum absolute atomic E-state index is 9.05. The van der Waals surface area contributed by atoms with E-state index in [9.17, 15) is 0 Å². The second-order valence-corrected chi connectivity index (χ2v) is 6.26. The third-order valence-electron chi connectivity index (χ3n) is 4.21. The molecule has 0 aromatic carbocycles. The quantitative estimate of drug-likeness (QED) is 0.419. The van der Waals surface area contributed by atoms with Crippen LogP contribution >= 0.6 is 0 Å². The maximum atomic E-state index is 9.05. The molecule has 0 aromatic heterocycles. The maximum Gasteiger partial charge on any atom is 0.0431 e. The van der Waals surface area contributed by atoms with Gasteiger partial charge in [0.25, 0.3) is 0 Å². The number of aliphatic hydroxyl groups is 1. The molecule has 0 rings (SSSR count). The molecular weight excluding hydrogens is 220 g/mol. The first-order chi connectivity index (χ1) is 8.68. The van der Waals surface area contributed by atoms with Crippen LogP contribution in [0.4, 0.5) is 0 Å². The minimum atomic E-state index is 0.361. The van der Waals surface area contributed by atoms with Crippen molar-refractivity contribution in [3.63, 3.8) is 0 Å². The molecule has 0 saturated heterocycles. The Labute approximate surface area is 115 Å². The Morgan fingerprint density at radius 1 is 0.667 bits per heavy atom. The highest BCUT2D eigenvalue weighted by Gasteiger charge is 2.22. The van der Waals surface area contributed by atoms with Crippen LogP contribution in [-0.4, -0.2) is 11.7 Å². The van der Waals surface area contributed by atoms with E-state index in [4.69, 9.17) is 5.11 Å². The molecule has 0 amide bonds. The Balaban J connectivity index is 3.90. The zero-order valence-electron chi connectivity index (χ0n) is 13.1. The van der Waals surface area contributed by atoms with E-state index in [0.29, 0.717) is 12.0 Å². The summed E-state index contributed by atoms with van der Waals surface area (Å²) in [5, 5.41) is 9.05. The van der Waals surface area contributed by atoms with Gasteiger partial charge in [-0.15, -0.1) is 0 Å². The molecular formula is C17H36O. The predicted molar refractivity (Wildman–Crippen MR) is 81.9 cm³/mol. The lowest BCUT2D eigenvalue weighted by Crippen LogP contribution is -2.17. The molecule has 0 aromatic rings. The van der Waals surface area contributed by atoms with Crippen molar-refractivity contribution in [1.82, 2.24) is 0 Å². The van der Waals surface area contributed by atoms with Crippen molar-refractivity contribution >= 4 is 0 Å². The Kier molecular flexibility index (Phi) is 12.0. The fourth-order valence-corrected chi connectivity index (χ4v) is 2.84. The van der Waals surface area contributed by atoms with E-state index >= 15 is 0 Å².